The lowest BCUT2D eigenvalue weighted by Gasteiger charge is -2.23. The van der Waals surface area contributed by atoms with E-state index in [9.17, 15) is 14.7 Å². The number of aliphatic hydroxyl groups is 1. The predicted molar refractivity (Wildman–Crippen MR) is 30.9 cm³/mol. The minimum absolute atomic E-state index is 0.162. The van der Waals surface area contributed by atoms with Crippen LogP contribution in [0.3, 0.4) is 0 Å². The molecule has 0 saturated heterocycles. The second-order valence-corrected chi connectivity index (χ2v) is 2.06. The molecule has 58 valence electrons. The van der Waals surface area contributed by atoms with Crippen molar-refractivity contribution in [3.05, 3.63) is 0 Å². The maximum absolute atomic E-state index is 10.5. The fourth-order valence-corrected chi connectivity index (χ4v) is 0.537. The highest BCUT2D eigenvalue weighted by molar-refractivity contribution is 6.04. The highest BCUT2D eigenvalue weighted by atomic mass is 16.4. The van der Waals surface area contributed by atoms with Gasteiger partial charge in [0.25, 0.3) is 0 Å². The molecule has 4 heteroatoms. The van der Waals surface area contributed by atoms with Gasteiger partial charge in [-0.25, -0.2) is 0 Å². The van der Waals surface area contributed by atoms with Crippen LogP contribution >= 0.6 is 0 Å². The molecule has 0 aliphatic carbocycles. The predicted octanol–water partition coefficient (Wildman–Crippen LogP) is -1.53. The number of carboxylic acid groups (broad SMARTS) is 1. The van der Waals surface area contributed by atoms with Crippen LogP contribution in [0.25, 0.3) is 0 Å². The first-order valence-corrected chi connectivity index (χ1v) is 2.90. The molecule has 1 atom stereocenters. The fraction of sp³-hybridized carbons (Fsp3) is 0.667. The van der Waals surface area contributed by atoms with E-state index in [1.807, 2.05) is 0 Å². The van der Waals surface area contributed by atoms with E-state index >= 15 is 0 Å². The Kier molecular flexibility index (Phi) is 2.54. The molecule has 10 heavy (non-hydrogen) atoms. The van der Waals surface area contributed by atoms with Crippen molar-refractivity contribution < 1.29 is 19.8 Å². The van der Waals surface area contributed by atoms with Gasteiger partial charge in [-0.2, -0.15) is 0 Å². The Morgan fingerprint density at radius 3 is 2.00 bits per heavy atom. The van der Waals surface area contributed by atoms with E-state index < -0.39 is 17.4 Å². The molecule has 0 bridgehead atoms. The second kappa shape index (κ2) is 2.79. The minimum Gasteiger partial charge on any atom is -0.547 e. The van der Waals surface area contributed by atoms with Crippen LogP contribution < -0.4 is 5.11 Å². The third-order valence-corrected chi connectivity index (χ3v) is 1.43. The third-order valence-electron chi connectivity index (χ3n) is 1.43. The number of carboxylic acids is 1. The summed E-state index contributed by atoms with van der Waals surface area (Å²) in [6.07, 6.45) is -0.162. The van der Waals surface area contributed by atoms with Gasteiger partial charge in [-0.1, -0.05) is 6.92 Å². The highest BCUT2D eigenvalue weighted by Crippen LogP contribution is 2.09. The van der Waals surface area contributed by atoms with Crippen molar-refractivity contribution in [1.29, 1.82) is 0 Å². The zero-order valence-electron chi connectivity index (χ0n) is 5.88. The number of hydrogen-bond acceptors (Lipinski definition) is 4. The van der Waals surface area contributed by atoms with E-state index in [1.54, 1.807) is 0 Å². The molecule has 0 heterocycles. The molecule has 0 rings (SSSR count). The Bertz CT molecular complexity index is 147. The van der Waals surface area contributed by atoms with Gasteiger partial charge in [0.05, 0.1) is 5.97 Å². The number of carbonyl (C=O) groups excluding carboxylic acids is 2. The number of carbonyl (C=O) groups is 2. The Labute approximate surface area is 58.5 Å². The largest absolute Gasteiger partial charge is 0.547 e. The van der Waals surface area contributed by atoms with Gasteiger partial charge >= 0.3 is 0 Å². The number of ketones is 1. The summed E-state index contributed by atoms with van der Waals surface area (Å²) in [6.45, 7) is 2.41. The Morgan fingerprint density at radius 1 is 1.60 bits per heavy atom. The maximum Gasteiger partial charge on any atom is 0.167 e. The summed E-state index contributed by atoms with van der Waals surface area (Å²) in [5, 5.41) is 19.1. The molecule has 0 aromatic carbocycles. The normalized spacial score (nSPS) is 15.9. The van der Waals surface area contributed by atoms with Gasteiger partial charge in [0.1, 0.15) is 0 Å². The van der Waals surface area contributed by atoms with E-state index in [4.69, 9.17) is 5.11 Å². The number of Topliss-reactive ketones (excluding diaryl/α,β-unsaturated/α-hetero) is 1. The van der Waals surface area contributed by atoms with E-state index in [-0.39, 0.29) is 6.42 Å². The van der Waals surface area contributed by atoms with Gasteiger partial charge in [-0.05, 0) is 13.3 Å². The molecule has 0 saturated carbocycles. The van der Waals surface area contributed by atoms with Gasteiger partial charge in [0, 0.05) is 0 Å². The monoisotopic (exact) mass is 145 g/mol. The zero-order valence-corrected chi connectivity index (χ0v) is 5.88. The van der Waals surface area contributed by atoms with Crippen LogP contribution in [0, 0.1) is 0 Å². The SMILES string of the molecule is CC[C@@](O)(C(C)=O)C(=O)[O-]. The topological polar surface area (TPSA) is 77.4 Å². The van der Waals surface area contributed by atoms with E-state index in [0.717, 1.165) is 6.92 Å². The van der Waals surface area contributed by atoms with Crippen LogP contribution in [0.2, 0.25) is 0 Å². The van der Waals surface area contributed by atoms with Crippen LogP contribution in [-0.2, 0) is 9.59 Å². The lowest BCUT2D eigenvalue weighted by molar-refractivity contribution is -0.321. The summed E-state index contributed by atoms with van der Waals surface area (Å²) >= 11 is 0. The highest BCUT2D eigenvalue weighted by Gasteiger charge is 2.31. The maximum atomic E-state index is 10.5. The van der Waals surface area contributed by atoms with Gasteiger partial charge in [0.15, 0.2) is 11.4 Å². The van der Waals surface area contributed by atoms with Crippen molar-refractivity contribution in [2.75, 3.05) is 0 Å². The van der Waals surface area contributed by atoms with Crippen molar-refractivity contribution in [3.63, 3.8) is 0 Å². The van der Waals surface area contributed by atoms with Crippen LogP contribution in [0.1, 0.15) is 20.3 Å². The van der Waals surface area contributed by atoms with E-state index in [1.165, 1.54) is 6.92 Å². The van der Waals surface area contributed by atoms with Crippen molar-refractivity contribution >= 4 is 11.8 Å². The summed E-state index contributed by atoms with van der Waals surface area (Å²) in [6, 6.07) is 0. The van der Waals surface area contributed by atoms with Crippen molar-refractivity contribution in [1.82, 2.24) is 0 Å². The fourth-order valence-electron chi connectivity index (χ4n) is 0.537. The standard InChI is InChI=1S/C6H10O4/c1-3-6(10,4(2)7)5(8)9/h10H,3H2,1-2H3,(H,8,9)/p-1/t6-/m1/s1. The number of aliphatic carboxylic acids is 1. The number of rotatable bonds is 3. The minimum atomic E-state index is -2.29. The molecule has 0 unspecified atom stereocenters. The van der Waals surface area contributed by atoms with Crippen molar-refractivity contribution in [2.45, 2.75) is 25.9 Å². The Morgan fingerprint density at radius 2 is 2.00 bits per heavy atom. The van der Waals surface area contributed by atoms with E-state index in [0.29, 0.717) is 0 Å². The van der Waals surface area contributed by atoms with Gasteiger partial charge in [-0.3, -0.25) is 4.79 Å². The van der Waals surface area contributed by atoms with Crippen LogP contribution in [-0.4, -0.2) is 22.5 Å². The third kappa shape index (κ3) is 1.33. The van der Waals surface area contributed by atoms with Crippen molar-refractivity contribution in [2.24, 2.45) is 0 Å². The number of hydrogen-bond donors (Lipinski definition) is 1. The first-order chi connectivity index (χ1) is 4.45. The van der Waals surface area contributed by atoms with Crippen LogP contribution in [0.4, 0.5) is 0 Å². The van der Waals surface area contributed by atoms with Gasteiger partial charge in [-0.15, -0.1) is 0 Å². The molecule has 0 aliphatic heterocycles. The summed E-state index contributed by atoms with van der Waals surface area (Å²) in [4.78, 5) is 20.6. The molecule has 0 aromatic rings. The molecule has 0 radical (unpaired) electrons. The molecule has 0 aliphatic rings. The quantitative estimate of drug-likeness (QED) is 0.488. The van der Waals surface area contributed by atoms with Crippen LogP contribution in [0.5, 0.6) is 0 Å². The lowest BCUT2D eigenvalue weighted by atomic mass is 9.97. The lowest BCUT2D eigenvalue weighted by Crippen LogP contribution is -2.52. The molecule has 4 nitrogen and oxygen atoms in total. The summed E-state index contributed by atoms with van der Waals surface area (Å²) in [5.41, 5.74) is -2.29. The van der Waals surface area contributed by atoms with Crippen molar-refractivity contribution in [3.8, 4) is 0 Å². The summed E-state index contributed by atoms with van der Waals surface area (Å²) < 4.78 is 0. The molecule has 0 spiro atoms. The summed E-state index contributed by atoms with van der Waals surface area (Å²) in [5.74, 6) is -2.53. The molecular formula is C6H9O4-. The molecule has 1 N–H and O–H groups in total. The average Bonchev–Trinajstić information content (AvgIpc) is 1.85. The van der Waals surface area contributed by atoms with E-state index in [2.05, 4.69) is 0 Å². The molecule has 0 aromatic heterocycles. The van der Waals surface area contributed by atoms with Gasteiger partial charge in [0.2, 0.25) is 0 Å². The Hall–Kier alpha value is -0.900. The molecule has 0 fully saturated rings. The molecule has 0 amide bonds. The zero-order chi connectivity index (χ0) is 8.36. The summed E-state index contributed by atoms with van der Waals surface area (Å²) in [7, 11) is 0. The second-order valence-electron chi connectivity index (χ2n) is 2.06. The average molecular weight is 145 g/mol. The first-order valence-electron chi connectivity index (χ1n) is 2.90. The van der Waals surface area contributed by atoms with Crippen LogP contribution in [0.15, 0.2) is 0 Å². The Balaban J connectivity index is 4.55. The molecular weight excluding hydrogens is 136 g/mol. The smallest absolute Gasteiger partial charge is 0.167 e. The van der Waals surface area contributed by atoms with Gasteiger partial charge < -0.3 is 15.0 Å². The first kappa shape index (κ1) is 9.10.